The van der Waals surface area contributed by atoms with Gasteiger partial charge in [0.25, 0.3) is 0 Å². The van der Waals surface area contributed by atoms with E-state index in [2.05, 4.69) is 13.8 Å². The van der Waals surface area contributed by atoms with Gasteiger partial charge < -0.3 is 10.8 Å². The molecule has 0 bridgehead atoms. The predicted molar refractivity (Wildman–Crippen MR) is 108 cm³/mol. The molecule has 0 amide bonds. The lowest BCUT2D eigenvalue weighted by molar-refractivity contribution is 0.126. The van der Waals surface area contributed by atoms with Gasteiger partial charge in [0.15, 0.2) is 0 Å². The van der Waals surface area contributed by atoms with Gasteiger partial charge in [-0.3, -0.25) is 0 Å². The van der Waals surface area contributed by atoms with Crippen molar-refractivity contribution in [3.8, 4) is 0 Å². The second kappa shape index (κ2) is 19.2. The van der Waals surface area contributed by atoms with Crippen molar-refractivity contribution in [2.45, 2.75) is 142 Å². The van der Waals surface area contributed by atoms with E-state index >= 15 is 0 Å². The molecule has 0 aromatic rings. The van der Waals surface area contributed by atoms with Gasteiger partial charge in [0.2, 0.25) is 0 Å². The van der Waals surface area contributed by atoms with Crippen molar-refractivity contribution in [3.05, 3.63) is 0 Å². The summed E-state index contributed by atoms with van der Waals surface area (Å²) in [6, 6.07) is -0.00496. The van der Waals surface area contributed by atoms with Crippen LogP contribution in [0.4, 0.5) is 0 Å². The molecule has 2 heteroatoms. The van der Waals surface area contributed by atoms with E-state index in [1.54, 1.807) is 0 Å². The van der Waals surface area contributed by atoms with Crippen LogP contribution in [0, 0.1) is 0 Å². The summed E-state index contributed by atoms with van der Waals surface area (Å²) in [5.41, 5.74) is 6.14. The highest BCUT2D eigenvalue weighted by Gasteiger charge is 2.13. The Morgan fingerprint density at radius 3 is 1.29 bits per heavy atom. The second-order valence-corrected chi connectivity index (χ2v) is 7.76. The molecule has 0 aromatic carbocycles. The number of rotatable bonds is 19. The minimum absolute atomic E-state index is 0.00496. The van der Waals surface area contributed by atoms with E-state index in [4.69, 9.17) is 5.73 Å². The molecule has 2 atom stereocenters. The molecule has 24 heavy (non-hydrogen) atoms. The summed E-state index contributed by atoms with van der Waals surface area (Å²) in [6.45, 7) is 4.53. The number of hydrogen-bond donors (Lipinski definition) is 2. The molecule has 0 spiro atoms. The van der Waals surface area contributed by atoms with Gasteiger partial charge in [-0.15, -0.1) is 0 Å². The summed E-state index contributed by atoms with van der Waals surface area (Å²) in [5.74, 6) is 0. The topological polar surface area (TPSA) is 46.2 Å². The highest BCUT2D eigenvalue weighted by atomic mass is 16.3. The molecule has 0 aliphatic rings. The van der Waals surface area contributed by atoms with Crippen molar-refractivity contribution in [2.75, 3.05) is 0 Å². The van der Waals surface area contributed by atoms with Gasteiger partial charge in [-0.05, 0) is 12.8 Å². The molecule has 3 N–H and O–H groups in total. The van der Waals surface area contributed by atoms with Crippen molar-refractivity contribution in [1.82, 2.24) is 0 Å². The van der Waals surface area contributed by atoms with Gasteiger partial charge in [-0.25, -0.2) is 0 Å². The first kappa shape index (κ1) is 23.9. The summed E-state index contributed by atoms with van der Waals surface area (Å²) in [6.07, 6.45) is 22.8. The maximum Gasteiger partial charge on any atom is 0.0691 e. The fraction of sp³-hybridized carbons (Fsp3) is 1.00. The molecule has 0 fully saturated rings. The smallest absolute Gasteiger partial charge is 0.0691 e. The molecule has 0 saturated heterocycles. The third kappa shape index (κ3) is 16.8. The van der Waals surface area contributed by atoms with Crippen LogP contribution in [0.2, 0.25) is 0 Å². The van der Waals surface area contributed by atoms with Gasteiger partial charge >= 0.3 is 0 Å². The molecular weight excluding hydrogens is 294 g/mol. The zero-order valence-electron chi connectivity index (χ0n) is 16.9. The minimum Gasteiger partial charge on any atom is -0.392 e. The Hall–Kier alpha value is -0.0800. The van der Waals surface area contributed by atoms with Gasteiger partial charge in [-0.1, -0.05) is 117 Å². The van der Waals surface area contributed by atoms with E-state index < -0.39 is 0 Å². The van der Waals surface area contributed by atoms with Gasteiger partial charge in [-0.2, -0.15) is 0 Å². The SMILES string of the molecule is CCCCCCCCCCC(N)C(O)CCCCCCCCCC. The van der Waals surface area contributed by atoms with E-state index in [-0.39, 0.29) is 12.1 Å². The van der Waals surface area contributed by atoms with Crippen LogP contribution in [0.3, 0.4) is 0 Å². The minimum atomic E-state index is -0.283. The Kier molecular flexibility index (Phi) is 19.2. The molecule has 0 aliphatic heterocycles. The number of hydrogen-bond acceptors (Lipinski definition) is 2. The molecule has 0 saturated carbocycles. The van der Waals surface area contributed by atoms with E-state index in [0.29, 0.717) is 0 Å². The van der Waals surface area contributed by atoms with E-state index in [1.165, 1.54) is 96.3 Å². The lowest BCUT2D eigenvalue weighted by Gasteiger charge is -2.18. The quantitative estimate of drug-likeness (QED) is 0.256. The Balaban J connectivity index is 3.32. The Morgan fingerprint density at radius 1 is 0.542 bits per heavy atom. The third-order valence-corrected chi connectivity index (χ3v) is 5.24. The zero-order chi connectivity index (χ0) is 17.9. The summed E-state index contributed by atoms with van der Waals surface area (Å²) in [4.78, 5) is 0. The number of unbranched alkanes of at least 4 members (excludes halogenated alkanes) is 14. The molecule has 2 nitrogen and oxygen atoms in total. The molecule has 146 valence electrons. The van der Waals surface area contributed by atoms with Gasteiger partial charge in [0.1, 0.15) is 0 Å². The van der Waals surface area contributed by atoms with Crippen molar-refractivity contribution in [2.24, 2.45) is 5.73 Å². The molecule has 0 heterocycles. The van der Waals surface area contributed by atoms with E-state index in [1.807, 2.05) is 0 Å². The molecule has 2 unspecified atom stereocenters. The first-order valence-corrected chi connectivity index (χ1v) is 11.2. The predicted octanol–water partition coefficient (Wildman–Crippen LogP) is 6.74. The van der Waals surface area contributed by atoms with Crippen LogP contribution in [0.1, 0.15) is 129 Å². The van der Waals surface area contributed by atoms with Crippen molar-refractivity contribution in [1.29, 1.82) is 0 Å². The van der Waals surface area contributed by atoms with Gasteiger partial charge in [0, 0.05) is 6.04 Å². The highest BCUT2D eigenvalue weighted by molar-refractivity contribution is 4.71. The molecule has 0 radical (unpaired) electrons. The van der Waals surface area contributed by atoms with Crippen molar-refractivity contribution >= 4 is 0 Å². The van der Waals surface area contributed by atoms with Crippen molar-refractivity contribution in [3.63, 3.8) is 0 Å². The average Bonchev–Trinajstić information content (AvgIpc) is 2.59. The third-order valence-electron chi connectivity index (χ3n) is 5.24. The fourth-order valence-electron chi connectivity index (χ4n) is 3.41. The Bertz CT molecular complexity index is 208. The monoisotopic (exact) mass is 341 g/mol. The van der Waals surface area contributed by atoms with E-state index in [9.17, 15) is 5.11 Å². The summed E-state index contributed by atoms with van der Waals surface area (Å²) in [5, 5.41) is 10.2. The number of nitrogens with two attached hydrogens (primary N) is 1. The number of aliphatic hydroxyl groups is 1. The molecule has 0 rings (SSSR count). The lowest BCUT2D eigenvalue weighted by atomic mass is 9.98. The standard InChI is InChI=1S/C22H47NO/c1-3-5-7-9-11-13-15-17-19-21(23)22(24)20-18-16-14-12-10-8-6-4-2/h21-22,24H,3-20,23H2,1-2H3. The maximum absolute atomic E-state index is 10.2. The van der Waals surface area contributed by atoms with Crippen LogP contribution in [-0.4, -0.2) is 17.3 Å². The molecular formula is C22H47NO. The first-order valence-electron chi connectivity index (χ1n) is 11.2. The summed E-state index contributed by atoms with van der Waals surface area (Å²) in [7, 11) is 0. The van der Waals surface area contributed by atoms with E-state index in [0.717, 1.165) is 19.3 Å². The molecule has 0 aromatic heterocycles. The Morgan fingerprint density at radius 2 is 0.875 bits per heavy atom. The van der Waals surface area contributed by atoms with Crippen LogP contribution in [0.25, 0.3) is 0 Å². The number of aliphatic hydroxyl groups excluding tert-OH is 1. The van der Waals surface area contributed by atoms with Crippen LogP contribution in [0.5, 0.6) is 0 Å². The lowest BCUT2D eigenvalue weighted by Crippen LogP contribution is -2.34. The van der Waals surface area contributed by atoms with Crippen LogP contribution >= 0.6 is 0 Å². The normalized spacial score (nSPS) is 14.0. The second-order valence-electron chi connectivity index (χ2n) is 7.76. The molecule has 0 aliphatic carbocycles. The highest BCUT2D eigenvalue weighted by Crippen LogP contribution is 2.15. The average molecular weight is 342 g/mol. The zero-order valence-corrected chi connectivity index (χ0v) is 16.9. The summed E-state index contributed by atoms with van der Waals surface area (Å²) < 4.78 is 0. The summed E-state index contributed by atoms with van der Waals surface area (Å²) >= 11 is 0. The van der Waals surface area contributed by atoms with Crippen LogP contribution < -0.4 is 5.73 Å². The van der Waals surface area contributed by atoms with Crippen LogP contribution in [-0.2, 0) is 0 Å². The first-order chi connectivity index (χ1) is 11.7. The van der Waals surface area contributed by atoms with Crippen LogP contribution in [0.15, 0.2) is 0 Å². The van der Waals surface area contributed by atoms with Gasteiger partial charge in [0.05, 0.1) is 6.10 Å². The maximum atomic E-state index is 10.2. The van der Waals surface area contributed by atoms with Crippen molar-refractivity contribution < 1.29 is 5.11 Å². The Labute approximate surface area is 153 Å². The largest absolute Gasteiger partial charge is 0.392 e. The fourth-order valence-corrected chi connectivity index (χ4v) is 3.41.